The Bertz CT molecular complexity index is 2280. The Morgan fingerprint density at radius 2 is 1.10 bits per heavy atom. The highest BCUT2D eigenvalue weighted by molar-refractivity contribution is 6.29. The van der Waals surface area contributed by atoms with Gasteiger partial charge in [-0.15, -0.1) is 0 Å². The lowest BCUT2D eigenvalue weighted by Gasteiger charge is -2.13. The Balaban J connectivity index is 1.49. The molecule has 0 saturated heterocycles. The van der Waals surface area contributed by atoms with E-state index in [1.807, 2.05) is 24.3 Å². The van der Waals surface area contributed by atoms with Gasteiger partial charge in [0.15, 0.2) is 0 Å². The fraction of sp³-hybridized carbons (Fsp3) is 0. The molecule has 2 nitrogen and oxygen atoms in total. The maximum atomic E-state index is 9.25. The van der Waals surface area contributed by atoms with Crippen LogP contribution >= 0.6 is 0 Å². The molecule has 0 saturated carbocycles. The molecular weight excluding hydrogens is 474 g/mol. The number of nitrogens with zero attached hydrogens (tertiary/aromatic N) is 1. The zero-order chi connectivity index (χ0) is 25.9. The molecule has 8 rings (SSSR count). The van der Waals surface area contributed by atoms with Gasteiger partial charge in [-0.3, -0.25) is 0 Å². The van der Waals surface area contributed by atoms with Gasteiger partial charge in [-0.25, -0.2) is 0 Å². The predicted molar refractivity (Wildman–Crippen MR) is 162 cm³/mol. The van der Waals surface area contributed by atoms with E-state index >= 15 is 0 Å². The Morgan fingerprint density at radius 1 is 0.487 bits per heavy atom. The topological polar surface area (TPSA) is 36.9 Å². The van der Waals surface area contributed by atoms with Gasteiger partial charge in [0.2, 0.25) is 0 Å². The maximum absolute atomic E-state index is 9.25. The van der Waals surface area contributed by atoms with Gasteiger partial charge < -0.3 is 4.42 Å². The van der Waals surface area contributed by atoms with Crippen LogP contribution in [0, 0.1) is 11.3 Å². The highest BCUT2D eigenvalue weighted by atomic mass is 16.3. The van der Waals surface area contributed by atoms with Crippen LogP contribution in [0.1, 0.15) is 5.56 Å². The molecule has 1 aromatic heterocycles. The molecule has 0 radical (unpaired) electrons. The minimum atomic E-state index is 0.663. The van der Waals surface area contributed by atoms with Gasteiger partial charge in [0.05, 0.1) is 11.6 Å². The molecule has 0 aliphatic carbocycles. The molecule has 2 heteroatoms. The summed E-state index contributed by atoms with van der Waals surface area (Å²) in [6.45, 7) is 0. The van der Waals surface area contributed by atoms with Crippen LogP contribution in [0.3, 0.4) is 0 Å². The van der Waals surface area contributed by atoms with Crippen LogP contribution in [0.4, 0.5) is 0 Å². The van der Waals surface area contributed by atoms with E-state index in [1.165, 1.54) is 37.7 Å². The molecule has 7 aromatic carbocycles. The Morgan fingerprint density at radius 3 is 1.85 bits per heavy atom. The standard InChI is InChI=1S/C37H21NO/c38-22-23-13-15-25(16-14-23)27-18-19-32(31-12-6-5-11-30(27)31)33-21-26-8-2-4-10-29(26)36-35-28-9-3-1-7-24(28)17-20-34(35)39-37(33)36/h1-21H. The Hall–Kier alpha value is -5.39. The van der Waals surface area contributed by atoms with Gasteiger partial charge in [-0.2, -0.15) is 5.26 Å². The lowest BCUT2D eigenvalue weighted by Crippen LogP contribution is -1.88. The van der Waals surface area contributed by atoms with Gasteiger partial charge >= 0.3 is 0 Å². The Kier molecular flexibility index (Phi) is 4.62. The number of hydrogen-bond acceptors (Lipinski definition) is 2. The van der Waals surface area contributed by atoms with Crippen molar-refractivity contribution in [1.29, 1.82) is 5.26 Å². The molecule has 8 aromatic rings. The van der Waals surface area contributed by atoms with Crippen LogP contribution in [0.25, 0.3) is 76.5 Å². The third-order valence-electron chi connectivity index (χ3n) is 7.89. The van der Waals surface area contributed by atoms with E-state index in [0.29, 0.717) is 5.56 Å². The highest BCUT2D eigenvalue weighted by Gasteiger charge is 2.19. The van der Waals surface area contributed by atoms with Gasteiger partial charge in [-0.1, -0.05) is 103 Å². The van der Waals surface area contributed by atoms with Gasteiger partial charge in [0.25, 0.3) is 0 Å². The van der Waals surface area contributed by atoms with Crippen molar-refractivity contribution in [3.8, 4) is 28.3 Å². The van der Waals surface area contributed by atoms with Crippen molar-refractivity contribution in [2.45, 2.75) is 0 Å². The van der Waals surface area contributed by atoms with Crippen LogP contribution in [-0.2, 0) is 0 Å². The SMILES string of the molecule is N#Cc1ccc(-c2ccc(-c3cc4ccccc4c4c3oc3ccc5ccccc5c34)c3ccccc23)cc1. The molecule has 180 valence electrons. The predicted octanol–water partition coefficient (Wildman–Crippen LogP) is 10.3. The van der Waals surface area contributed by atoms with Crippen molar-refractivity contribution in [3.05, 3.63) is 133 Å². The third kappa shape index (κ3) is 3.21. The second-order valence-electron chi connectivity index (χ2n) is 10.0. The summed E-state index contributed by atoms with van der Waals surface area (Å²) in [5.41, 5.74) is 6.95. The summed E-state index contributed by atoms with van der Waals surface area (Å²) in [6.07, 6.45) is 0. The summed E-state index contributed by atoms with van der Waals surface area (Å²) in [5.74, 6) is 0. The summed E-state index contributed by atoms with van der Waals surface area (Å²) in [4.78, 5) is 0. The van der Waals surface area contributed by atoms with E-state index in [2.05, 4.69) is 109 Å². The van der Waals surface area contributed by atoms with E-state index < -0.39 is 0 Å². The van der Waals surface area contributed by atoms with Crippen molar-refractivity contribution in [3.63, 3.8) is 0 Å². The quantitative estimate of drug-likeness (QED) is 0.239. The first-order valence-electron chi connectivity index (χ1n) is 13.1. The summed E-state index contributed by atoms with van der Waals surface area (Å²) in [6, 6.07) is 46.6. The lowest BCUT2D eigenvalue weighted by atomic mass is 9.89. The average molecular weight is 496 g/mol. The molecule has 0 spiro atoms. The molecule has 0 aliphatic rings. The molecule has 0 unspecified atom stereocenters. The number of fused-ring (bicyclic) bond motifs is 8. The maximum Gasteiger partial charge on any atom is 0.143 e. The van der Waals surface area contributed by atoms with E-state index in [9.17, 15) is 5.26 Å². The van der Waals surface area contributed by atoms with Gasteiger partial charge in [0, 0.05) is 16.3 Å². The third-order valence-corrected chi connectivity index (χ3v) is 7.89. The molecule has 39 heavy (non-hydrogen) atoms. The fourth-order valence-corrected chi connectivity index (χ4v) is 6.10. The number of benzene rings is 7. The van der Waals surface area contributed by atoms with Gasteiger partial charge in [0.1, 0.15) is 11.2 Å². The zero-order valence-electron chi connectivity index (χ0n) is 21.0. The second-order valence-corrected chi connectivity index (χ2v) is 10.0. The smallest absolute Gasteiger partial charge is 0.143 e. The number of hydrogen-bond donors (Lipinski definition) is 0. The monoisotopic (exact) mass is 495 g/mol. The highest BCUT2D eigenvalue weighted by Crippen LogP contribution is 2.45. The molecule has 0 bridgehead atoms. The van der Waals surface area contributed by atoms with Crippen LogP contribution in [0.2, 0.25) is 0 Å². The van der Waals surface area contributed by atoms with Crippen LogP contribution < -0.4 is 0 Å². The van der Waals surface area contributed by atoms with E-state index in [-0.39, 0.29) is 0 Å². The molecule has 1 heterocycles. The van der Waals surface area contributed by atoms with Crippen LogP contribution in [-0.4, -0.2) is 0 Å². The van der Waals surface area contributed by atoms with E-state index in [1.54, 1.807) is 0 Å². The van der Waals surface area contributed by atoms with E-state index in [0.717, 1.165) is 38.8 Å². The number of furan rings is 1. The van der Waals surface area contributed by atoms with E-state index in [4.69, 9.17) is 4.42 Å². The lowest BCUT2D eigenvalue weighted by molar-refractivity contribution is 0.670. The van der Waals surface area contributed by atoms with Crippen molar-refractivity contribution in [2.75, 3.05) is 0 Å². The van der Waals surface area contributed by atoms with Crippen molar-refractivity contribution in [1.82, 2.24) is 0 Å². The minimum absolute atomic E-state index is 0.663. The molecule has 0 fully saturated rings. The van der Waals surface area contributed by atoms with Gasteiger partial charge in [-0.05, 0) is 73.3 Å². The molecule has 0 atom stereocenters. The van der Waals surface area contributed by atoms with Crippen LogP contribution in [0.15, 0.2) is 132 Å². The van der Waals surface area contributed by atoms with Crippen LogP contribution in [0.5, 0.6) is 0 Å². The summed E-state index contributed by atoms with van der Waals surface area (Å²) in [7, 11) is 0. The minimum Gasteiger partial charge on any atom is -0.455 e. The summed E-state index contributed by atoms with van der Waals surface area (Å²) in [5, 5.41) is 18.7. The summed E-state index contributed by atoms with van der Waals surface area (Å²) >= 11 is 0. The first-order valence-corrected chi connectivity index (χ1v) is 13.1. The first kappa shape index (κ1) is 21.7. The molecule has 0 N–H and O–H groups in total. The zero-order valence-corrected chi connectivity index (χ0v) is 21.0. The number of rotatable bonds is 2. The summed E-state index contributed by atoms with van der Waals surface area (Å²) < 4.78 is 6.71. The number of nitriles is 1. The van der Waals surface area contributed by atoms with Crippen molar-refractivity contribution >= 4 is 54.3 Å². The second kappa shape index (κ2) is 8.31. The first-order chi connectivity index (χ1) is 19.3. The average Bonchev–Trinajstić information content (AvgIpc) is 3.41. The molecule has 0 aliphatic heterocycles. The Labute approximate surface area is 225 Å². The van der Waals surface area contributed by atoms with Crippen molar-refractivity contribution in [2.24, 2.45) is 0 Å². The normalized spacial score (nSPS) is 11.6. The van der Waals surface area contributed by atoms with Crippen molar-refractivity contribution < 1.29 is 4.42 Å². The largest absolute Gasteiger partial charge is 0.455 e. The molecular formula is C37H21NO. The fourth-order valence-electron chi connectivity index (χ4n) is 6.10. The molecule has 0 amide bonds.